The van der Waals surface area contributed by atoms with E-state index in [1.165, 1.54) is 11.8 Å². The third kappa shape index (κ3) is 3.18. The molecule has 0 saturated carbocycles. The van der Waals surface area contributed by atoms with Gasteiger partial charge in [0, 0.05) is 24.9 Å². The predicted molar refractivity (Wildman–Crippen MR) is 66.5 cm³/mol. The minimum Gasteiger partial charge on any atom is -0.339 e. The lowest BCUT2D eigenvalue weighted by molar-refractivity contribution is 0.809. The number of hydrogen-bond acceptors (Lipinski definition) is 6. The first-order chi connectivity index (χ1) is 8.31. The van der Waals surface area contributed by atoms with Crippen LogP contribution in [-0.4, -0.2) is 19.9 Å². The fourth-order valence-corrected chi connectivity index (χ4v) is 2.10. The average Bonchev–Trinajstić information content (AvgIpc) is 2.82. The maximum atomic E-state index is 5.38. The molecule has 0 radical (unpaired) electrons. The third-order valence-corrected chi connectivity index (χ3v) is 2.88. The van der Waals surface area contributed by atoms with E-state index in [1.54, 1.807) is 18.5 Å². The van der Waals surface area contributed by atoms with Crippen molar-refractivity contribution < 1.29 is 0 Å². The number of hydrogen-bond donors (Lipinski definition) is 3. The molecule has 0 atom stereocenters. The maximum Gasteiger partial charge on any atom is 0.171 e. The molecule has 0 unspecified atom stereocenters. The molecule has 6 nitrogen and oxygen atoms in total. The van der Waals surface area contributed by atoms with Crippen LogP contribution in [0.5, 0.6) is 0 Å². The first kappa shape index (κ1) is 11.9. The molecule has 0 amide bonds. The van der Waals surface area contributed by atoms with Crippen molar-refractivity contribution in [2.24, 2.45) is 5.84 Å². The summed E-state index contributed by atoms with van der Waals surface area (Å²) in [5.74, 6) is 6.80. The monoisotopic (exact) mass is 250 g/mol. The number of nitrogens with zero attached hydrogens (tertiary/aromatic N) is 3. The number of nitrogens with two attached hydrogens (primary N) is 1. The van der Waals surface area contributed by atoms with E-state index >= 15 is 0 Å². The number of aromatic amines is 1. The van der Waals surface area contributed by atoms with Crippen molar-refractivity contribution in [3.05, 3.63) is 24.3 Å². The smallest absolute Gasteiger partial charge is 0.171 e. The molecule has 2 aromatic rings. The van der Waals surface area contributed by atoms with Crippen LogP contribution in [-0.2, 0) is 6.42 Å². The highest BCUT2D eigenvalue weighted by atomic mass is 32.2. The zero-order valence-electron chi connectivity index (χ0n) is 9.47. The maximum absolute atomic E-state index is 5.38. The molecule has 0 fully saturated rings. The molecule has 2 heterocycles. The van der Waals surface area contributed by atoms with Crippen LogP contribution < -0.4 is 11.3 Å². The highest BCUT2D eigenvalue weighted by molar-refractivity contribution is 7.99. The standard InChI is InChI=1S/C10H14N6S/c1-2-3-7-14-8(16-11)6-9(15-7)17-10-12-4-5-13-10/h4-6H,2-3,11H2,1H3,(H,12,13)(H,14,15,16). The van der Waals surface area contributed by atoms with Gasteiger partial charge in [-0.15, -0.1) is 0 Å². The summed E-state index contributed by atoms with van der Waals surface area (Å²) in [6.45, 7) is 2.09. The van der Waals surface area contributed by atoms with E-state index in [0.717, 1.165) is 28.8 Å². The fraction of sp³-hybridized carbons (Fsp3) is 0.300. The van der Waals surface area contributed by atoms with Crippen molar-refractivity contribution >= 4 is 17.6 Å². The Morgan fingerprint density at radius 2 is 2.35 bits per heavy atom. The number of hydrazine groups is 1. The summed E-state index contributed by atoms with van der Waals surface area (Å²) in [6, 6.07) is 1.80. The van der Waals surface area contributed by atoms with Crippen LogP contribution >= 0.6 is 11.8 Å². The lowest BCUT2D eigenvalue weighted by Crippen LogP contribution is -2.10. The third-order valence-electron chi connectivity index (χ3n) is 2.04. The van der Waals surface area contributed by atoms with Gasteiger partial charge in [0.1, 0.15) is 16.7 Å². The van der Waals surface area contributed by atoms with Crippen molar-refractivity contribution in [1.82, 2.24) is 19.9 Å². The second kappa shape index (κ2) is 5.65. The van der Waals surface area contributed by atoms with Crippen molar-refractivity contribution in [2.45, 2.75) is 29.9 Å². The second-order valence-corrected chi connectivity index (χ2v) is 4.41. The van der Waals surface area contributed by atoms with Crippen LogP contribution in [0.3, 0.4) is 0 Å². The molecule has 0 saturated heterocycles. The molecule has 0 spiro atoms. The molecule has 2 aromatic heterocycles. The van der Waals surface area contributed by atoms with E-state index < -0.39 is 0 Å². The Hall–Kier alpha value is -1.60. The van der Waals surface area contributed by atoms with E-state index in [9.17, 15) is 0 Å². The molecular weight excluding hydrogens is 236 g/mol. The fourth-order valence-electron chi connectivity index (χ4n) is 1.34. The summed E-state index contributed by atoms with van der Waals surface area (Å²) in [5, 5.41) is 1.63. The Kier molecular flexibility index (Phi) is 3.94. The van der Waals surface area contributed by atoms with Crippen molar-refractivity contribution in [3.63, 3.8) is 0 Å². The predicted octanol–water partition coefficient (Wildman–Crippen LogP) is 1.59. The molecule has 17 heavy (non-hydrogen) atoms. The van der Waals surface area contributed by atoms with Gasteiger partial charge in [-0.1, -0.05) is 6.92 Å². The van der Waals surface area contributed by atoms with Crippen LogP contribution in [0, 0.1) is 0 Å². The van der Waals surface area contributed by atoms with Crippen LogP contribution in [0.15, 0.2) is 28.6 Å². The number of aryl methyl sites for hydroxylation is 1. The van der Waals surface area contributed by atoms with Gasteiger partial charge in [-0.05, 0) is 18.2 Å². The molecule has 0 aliphatic heterocycles. The number of nitrogen functional groups attached to an aromatic ring is 1. The molecule has 7 heteroatoms. The van der Waals surface area contributed by atoms with Gasteiger partial charge in [0.15, 0.2) is 5.16 Å². The van der Waals surface area contributed by atoms with Gasteiger partial charge in [0.25, 0.3) is 0 Å². The Morgan fingerprint density at radius 3 is 3.00 bits per heavy atom. The number of nitrogens with one attached hydrogen (secondary N) is 2. The summed E-state index contributed by atoms with van der Waals surface area (Å²) in [5.41, 5.74) is 2.55. The molecule has 0 aromatic carbocycles. The van der Waals surface area contributed by atoms with Gasteiger partial charge in [0.05, 0.1) is 0 Å². The van der Waals surface area contributed by atoms with Crippen LogP contribution in [0.4, 0.5) is 5.82 Å². The highest BCUT2D eigenvalue weighted by Crippen LogP contribution is 2.24. The minimum atomic E-state index is 0.623. The quantitative estimate of drug-likeness (QED) is 0.424. The molecule has 2 rings (SSSR count). The van der Waals surface area contributed by atoms with Crippen LogP contribution in [0.25, 0.3) is 0 Å². The first-order valence-electron chi connectivity index (χ1n) is 5.33. The Bertz CT molecular complexity index is 470. The largest absolute Gasteiger partial charge is 0.339 e. The van der Waals surface area contributed by atoms with E-state index in [-0.39, 0.29) is 0 Å². The number of H-pyrrole nitrogens is 1. The van der Waals surface area contributed by atoms with Crippen molar-refractivity contribution in [3.8, 4) is 0 Å². The number of imidazole rings is 1. The highest BCUT2D eigenvalue weighted by Gasteiger charge is 2.06. The second-order valence-electron chi connectivity index (χ2n) is 3.40. The summed E-state index contributed by atoms with van der Waals surface area (Å²) in [7, 11) is 0. The van der Waals surface area contributed by atoms with Gasteiger partial charge < -0.3 is 10.4 Å². The SMILES string of the molecule is CCCc1nc(NN)cc(Sc2ncc[nH]2)n1. The molecule has 0 aliphatic rings. The zero-order chi connectivity index (χ0) is 12.1. The molecule has 4 N–H and O–H groups in total. The molecule has 0 aliphatic carbocycles. The molecular formula is C10H14N6S. The summed E-state index contributed by atoms with van der Waals surface area (Å²) >= 11 is 1.45. The van der Waals surface area contributed by atoms with Gasteiger partial charge in [-0.3, -0.25) is 0 Å². The normalized spacial score (nSPS) is 10.5. The molecule has 90 valence electrons. The van der Waals surface area contributed by atoms with Gasteiger partial charge >= 0.3 is 0 Å². The number of anilines is 1. The van der Waals surface area contributed by atoms with Crippen LogP contribution in [0.1, 0.15) is 19.2 Å². The topological polar surface area (TPSA) is 92.5 Å². The van der Waals surface area contributed by atoms with Crippen molar-refractivity contribution in [1.29, 1.82) is 0 Å². The van der Waals surface area contributed by atoms with Gasteiger partial charge in [-0.2, -0.15) is 0 Å². The van der Waals surface area contributed by atoms with E-state index in [0.29, 0.717) is 5.82 Å². The van der Waals surface area contributed by atoms with E-state index in [4.69, 9.17) is 5.84 Å². The van der Waals surface area contributed by atoms with Gasteiger partial charge in [0.2, 0.25) is 0 Å². The zero-order valence-corrected chi connectivity index (χ0v) is 10.3. The van der Waals surface area contributed by atoms with E-state index in [2.05, 4.69) is 32.3 Å². The summed E-state index contributed by atoms with van der Waals surface area (Å²) < 4.78 is 0. The number of rotatable bonds is 5. The minimum absolute atomic E-state index is 0.623. The molecule has 0 bridgehead atoms. The van der Waals surface area contributed by atoms with Gasteiger partial charge in [-0.25, -0.2) is 20.8 Å². The Balaban J connectivity index is 2.23. The first-order valence-corrected chi connectivity index (χ1v) is 6.15. The average molecular weight is 250 g/mol. The Labute approximate surface area is 103 Å². The lowest BCUT2D eigenvalue weighted by atomic mass is 10.3. The summed E-state index contributed by atoms with van der Waals surface area (Å²) in [4.78, 5) is 15.9. The lowest BCUT2D eigenvalue weighted by Gasteiger charge is -2.05. The number of aromatic nitrogens is 4. The van der Waals surface area contributed by atoms with Crippen molar-refractivity contribution in [2.75, 3.05) is 5.43 Å². The Morgan fingerprint density at radius 1 is 1.47 bits per heavy atom. The summed E-state index contributed by atoms with van der Waals surface area (Å²) in [6.07, 6.45) is 5.32. The van der Waals surface area contributed by atoms with Crippen LogP contribution in [0.2, 0.25) is 0 Å². The van der Waals surface area contributed by atoms with E-state index in [1.807, 2.05) is 0 Å².